The smallest absolute Gasteiger partial charge is 0.234 e. The summed E-state index contributed by atoms with van der Waals surface area (Å²) in [6.45, 7) is 0. The van der Waals surface area contributed by atoms with E-state index in [-0.39, 0.29) is 15.7 Å². The fraction of sp³-hybridized carbons (Fsp3) is 0.182. The molecule has 0 N–H and O–H groups in total. The molecule has 0 bridgehead atoms. The van der Waals surface area contributed by atoms with E-state index in [0.29, 0.717) is 16.7 Å². The van der Waals surface area contributed by atoms with E-state index in [1.807, 2.05) is 0 Å². The van der Waals surface area contributed by atoms with Crippen molar-refractivity contribution in [3.63, 3.8) is 0 Å². The Bertz CT molecular complexity index is 608. The predicted octanol–water partition coefficient (Wildman–Crippen LogP) is 5.38. The molecule has 1 heterocycles. The van der Waals surface area contributed by atoms with Gasteiger partial charge in [-0.15, -0.1) is 0 Å². The van der Waals surface area contributed by atoms with Crippen LogP contribution in [0.5, 0.6) is 5.75 Å². The van der Waals surface area contributed by atoms with Gasteiger partial charge in [0.2, 0.25) is 3.79 Å². The Kier molecular flexibility index (Phi) is 4.05. The van der Waals surface area contributed by atoms with Gasteiger partial charge in [-0.05, 0) is 18.2 Å². The highest BCUT2D eigenvalue weighted by molar-refractivity contribution is 6.67. The van der Waals surface area contributed by atoms with Crippen LogP contribution in [0.25, 0.3) is 10.9 Å². The first kappa shape index (κ1) is 14.3. The van der Waals surface area contributed by atoms with E-state index in [9.17, 15) is 0 Å². The Morgan fingerprint density at radius 1 is 1.11 bits per heavy atom. The Hall–Kier alpha value is -0.120. The van der Waals surface area contributed by atoms with Gasteiger partial charge in [0.15, 0.2) is 0 Å². The van der Waals surface area contributed by atoms with E-state index >= 15 is 0 Å². The van der Waals surface area contributed by atoms with Gasteiger partial charge in [-0.2, -0.15) is 0 Å². The Balaban J connectivity index is 2.79. The zero-order chi connectivity index (χ0) is 13.5. The topological polar surface area (TPSA) is 22.1 Å². The minimum atomic E-state index is -1.73. The second-order valence-electron chi connectivity index (χ2n) is 3.47. The van der Waals surface area contributed by atoms with Crippen molar-refractivity contribution >= 4 is 68.9 Å². The molecule has 2 rings (SSSR count). The minimum absolute atomic E-state index is 0.108. The molecule has 1 aromatic heterocycles. The first-order chi connectivity index (χ1) is 8.34. The zero-order valence-corrected chi connectivity index (χ0v) is 12.8. The summed E-state index contributed by atoms with van der Waals surface area (Å²) in [5.41, 5.74) is 0.684. The number of hydrogen-bond donors (Lipinski definition) is 0. The highest BCUT2D eigenvalue weighted by Crippen LogP contribution is 2.45. The molecule has 0 aliphatic carbocycles. The summed E-state index contributed by atoms with van der Waals surface area (Å²) in [6.07, 6.45) is 0. The average Bonchev–Trinajstić information content (AvgIpc) is 2.32. The summed E-state index contributed by atoms with van der Waals surface area (Å²) in [5, 5.41) is 1.04. The first-order valence-electron chi connectivity index (χ1n) is 4.74. The molecule has 1 aromatic carbocycles. The molecule has 2 nitrogen and oxygen atoms in total. The largest absolute Gasteiger partial charge is 0.497 e. The molecule has 0 spiro atoms. The van der Waals surface area contributed by atoms with E-state index in [1.54, 1.807) is 25.3 Å². The molecule has 0 aliphatic rings. The van der Waals surface area contributed by atoms with Crippen LogP contribution in [0.3, 0.4) is 0 Å². The summed E-state index contributed by atoms with van der Waals surface area (Å²) < 4.78 is 3.38. The monoisotopic (exact) mass is 343 g/mol. The molecular weight excluding hydrogens is 339 g/mol. The third-order valence-corrected chi connectivity index (χ3v) is 3.74. The van der Waals surface area contributed by atoms with Crippen LogP contribution in [0.4, 0.5) is 0 Å². The lowest BCUT2D eigenvalue weighted by molar-refractivity contribution is 0.415. The summed E-state index contributed by atoms with van der Waals surface area (Å²) in [4.78, 5) is 4.21. The summed E-state index contributed by atoms with van der Waals surface area (Å²) in [7, 11) is 1.56. The van der Waals surface area contributed by atoms with Crippen LogP contribution >= 0.6 is 58.0 Å². The van der Waals surface area contributed by atoms with Gasteiger partial charge in [-0.1, -0.05) is 58.0 Å². The number of alkyl halides is 3. The van der Waals surface area contributed by atoms with Gasteiger partial charge < -0.3 is 4.74 Å². The van der Waals surface area contributed by atoms with Crippen LogP contribution < -0.4 is 4.74 Å². The van der Waals surface area contributed by atoms with E-state index < -0.39 is 3.79 Å². The van der Waals surface area contributed by atoms with Crippen LogP contribution in [0, 0.1) is 0 Å². The van der Waals surface area contributed by atoms with Gasteiger partial charge in [-0.3, -0.25) is 0 Å². The van der Waals surface area contributed by atoms with Crippen LogP contribution in [0.15, 0.2) is 18.2 Å². The first-order valence-corrected chi connectivity index (χ1v) is 6.63. The molecule has 0 fully saturated rings. The van der Waals surface area contributed by atoms with Crippen molar-refractivity contribution in [3.8, 4) is 5.75 Å². The normalized spacial score (nSPS) is 11.9. The van der Waals surface area contributed by atoms with Crippen molar-refractivity contribution < 1.29 is 4.74 Å². The van der Waals surface area contributed by atoms with E-state index in [4.69, 9.17) is 62.7 Å². The van der Waals surface area contributed by atoms with Gasteiger partial charge in [0.05, 0.1) is 22.7 Å². The molecule has 7 heteroatoms. The van der Waals surface area contributed by atoms with Crippen LogP contribution in [-0.2, 0) is 3.79 Å². The molecular formula is C11H6Cl5NO. The molecule has 96 valence electrons. The fourth-order valence-corrected chi connectivity index (χ4v) is 2.58. The highest BCUT2D eigenvalue weighted by atomic mass is 35.6. The number of nitrogens with zero attached hydrogens (tertiary/aromatic N) is 1. The molecule has 2 aromatic rings. The van der Waals surface area contributed by atoms with Crippen LogP contribution in [0.2, 0.25) is 10.0 Å². The highest BCUT2D eigenvalue weighted by Gasteiger charge is 2.30. The van der Waals surface area contributed by atoms with Crippen molar-refractivity contribution in [2.24, 2.45) is 0 Å². The maximum Gasteiger partial charge on any atom is 0.234 e. The number of ether oxygens (including phenoxy) is 1. The van der Waals surface area contributed by atoms with Crippen molar-refractivity contribution in [2.75, 3.05) is 7.11 Å². The standard InChI is InChI=1S/C11H6Cl5NO/c1-18-5-2-3-7-6(4-5)8(12)9(13)10(17-7)11(14,15)16/h2-4H,1H3. The van der Waals surface area contributed by atoms with E-state index in [0.717, 1.165) is 0 Å². The Morgan fingerprint density at radius 3 is 2.33 bits per heavy atom. The van der Waals surface area contributed by atoms with Crippen molar-refractivity contribution in [2.45, 2.75) is 3.79 Å². The second-order valence-corrected chi connectivity index (χ2v) is 6.51. The predicted molar refractivity (Wildman–Crippen MR) is 77.6 cm³/mol. The van der Waals surface area contributed by atoms with Crippen molar-refractivity contribution in [3.05, 3.63) is 33.9 Å². The number of rotatable bonds is 1. The number of halogens is 5. The van der Waals surface area contributed by atoms with Gasteiger partial charge in [0.1, 0.15) is 11.4 Å². The molecule has 0 saturated carbocycles. The number of benzene rings is 1. The van der Waals surface area contributed by atoms with Crippen molar-refractivity contribution in [1.29, 1.82) is 0 Å². The van der Waals surface area contributed by atoms with Crippen LogP contribution in [-0.4, -0.2) is 12.1 Å². The maximum absolute atomic E-state index is 6.16. The third-order valence-electron chi connectivity index (χ3n) is 2.34. The number of methoxy groups -OCH3 is 1. The molecule has 0 atom stereocenters. The number of fused-ring (bicyclic) bond motifs is 1. The molecule has 0 amide bonds. The second kappa shape index (κ2) is 5.10. The summed E-state index contributed by atoms with van der Waals surface area (Å²) >= 11 is 29.6. The van der Waals surface area contributed by atoms with E-state index in [2.05, 4.69) is 4.98 Å². The third kappa shape index (κ3) is 2.59. The van der Waals surface area contributed by atoms with Crippen molar-refractivity contribution in [1.82, 2.24) is 4.98 Å². The quantitative estimate of drug-likeness (QED) is 0.648. The zero-order valence-electron chi connectivity index (χ0n) is 8.98. The van der Waals surface area contributed by atoms with Gasteiger partial charge >= 0.3 is 0 Å². The van der Waals surface area contributed by atoms with Gasteiger partial charge in [0, 0.05) is 5.39 Å². The van der Waals surface area contributed by atoms with Gasteiger partial charge in [0.25, 0.3) is 0 Å². The number of hydrogen-bond acceptors (Lipinski definition) is 2. The molecule has 0 radical (unpaired) electrons. The molecule has 0 aliphatic heterocycles. The SMILES string of the molecule is COc1ccc2nc(C(Cl)(Cl)Cl)c(Cl)c(Cl)c2c1. The van der Waals surface area contributed by atoms with Crippen LogP contribution in [0.1, 0.15) is 5.69 Å². The Morgan fingerprint density at radius 2 is 1.78 bits per heavy atom. The Labute approximate surface area is 129 Å². The number of aromatic nitrogens is 1. The molecule has 0 unspecified atom stereocenters. The lowest BCUT2D eigenvalue weighted by atomic mass is 10.2. The maximum atomic E-state index is 6.16. The minimum Gasteiger partial charge on any atom is -0.497 e. The average molecular weight is 345 g/mol. The number of pyridine rings is 1. The summed E-state index contributed by atoms with van der Waals surface area (Å²) in [5.74, 6) is 0.643. The van der Waals surface area contributed by atoms with E-state index in [1.165, 1.54) is 0 Å². The van der Waals surface area contributed by atoms with Gasteiger partial charge in [-0.25, -0.2) is 4.98 Å². The molecule has 0 saturated heterocycles. The lowest BCUT2D eigenvalue weighted by Crippen LogP contribution is -2.05. The lowest BCUT2D eigenvalue weighted by Gasteiger charge is -2.15. The summed E-state index contributed by atoms with van der Waals surface area (Å²) in [6, 6.07) is 5.18. The molecule has 18 heavy (non-hydrogen) atoms. The fourth-order valence-electron chi connectivity index (χ4n) is 1.49.